The van der Waals surface area contributed by atoms with Gasteiger partial charge in [-0.25, -0.2) is 0 Å². The highest BCUT2D eigenvalue weighted by Crippen LogP contribution is 2.29. The summed E-state index contributed by atoms with van der Waals surface area (Å²) in [5.74, 6) is 0.805. The van der Waals surface area contributed by atoms with E-state index in [0.717, 1.165) is 30.2 Å². The maximum absolute atomic E-state index is 10.8. The molecule has 1 atom stereocenters. The van der Waals surface area contributed by atoms with Crippen LogP contribution in [0.3, 0.4) is 0 Å². The number of hydrogen-bond acceptors (Lipinski definition) is 5. The lowest BCUT2D eigenvalue weighted by Crippen LogP contribution is -2.47. The molecule has 1 aliphatic heterocycles. The van der Waals surface area contributed by atoms with Crippen molar-refractivity contribution in [2.75, 3.05) is 39.8 Å². The molecule has 6 nitrogen and oxygen atoms in total. The predicted octanol–water partition coefficient (Wildman–Crippen LogP) is 2.82. The SMILES string of the molecule is CN(CC(=O)O)CC1CN(Cc2ccc(-c3ccccc3Cl)o2)CCO1. The van der Waals surface area contributed by atoms with Gasteiger partial charge in [0.15, 0.2) is 0 Å². The smallest absolute Gasteiger partial charge is 0.317 e. The van der Waals surface area contributed by atoms with Crippen molar-refractivity contribution in [1.29, 1.82) is 0 Å². The third-order valence-corrected chi connectivity index (χ3v) is 4.65. The van der Waals surface area contributed by atoms with Gasteiger partial charge in [0, 0.05) is 25.2 Å². The lowest BCUT2D eigenvalue weighted by Gasteiger charge is -2.34. The van der Waals surface area contributed by atoms with Crippen LogP contribution in [0.4, 0.5) is 0 Å². The van der Waals surface area contributed by atoms with E-state index in [-0.39, 0.29) is 12.6 Å². The van der Waals surface area contributed by atoms with E-state index in [0.29, 0.717) is 24.7 Å². The number of morpholine rings is 1. The van der Waals surface area contributed by atoms with Gasteiger partial charge in [-0.05, 0) is 31.3 Å². The predicted molar refractivity (Wildman–Crippen MR) is 99.3 cm³/mol. The van der Waals surface area contributed by atoms with Crippen molar-refractivity contribution in [3.8, 4) is 11.3 Å². The first-order valence-corrected chi connectivity index (χ1v) is 8.97. The van der Waals surface area contributed by atoms with Gasteiger partial charge in [0.05, 0.1) is 30.8 Å². The first kappa shape index (κ1) is 18.9. The second-order valence-corrected chi connectivity index (χ2v) is 6.97. The Morgan fingerprint density at radius 1 is 1.35 bits per heavy atom. The molecule has 1 unspecified atom stereocenters. The molecule has 1 saturated heterocycles. The monoisotopic (exact) mass is 378 g/mol. The van der Waals surface area contributed by atoms with Gasteiger partial charge in [-0.3, -0.25) is 14.6 Å². The van der Waals surface area contributed by atoms with Crippen molar-refractivity contribution in [3.05, 3.63) is 47.2 Å². The zero-order valence-electron chi connectivity index (χ0n) is 14.7. The summed E-state index contributed by atoms with van der Waals surface area (Å²) in [6.07, 6.45) is -0.00824. The summed E-state index contributed by atoms with van der Waals surface area (Å²) in [6.45, 7) is 3.48. The number of rotatable bonds is 7. The van der Waals surface area contributed by atoms with Crippen LogP contribution in [0, 0.1) is 0 Å². The average Bonchev–Trinajstić information content (AvgIpc) is 3.03. The minimum absolute atomic E-state index is 0.00824. The van der Waals surface area contributed by atoms with E-state index in [1.807, 2.05) is 36.4 Å². The molecule has 0 bridgehead atoms. The minimum atomic E-state index is -0.831. The van der Waals surface area contributed by atoms with E-state index in [1.165, 1.54) is 0 Å². The van der Waals surface area contributed by atoms with E-state index < -0.39 is 5.97 Å². The third kappa shape index (κ3) is 5.08. The fourth-order valence-corrected chi connectivity index (χ4v) is 3.40. The summed E-state index contributed by atoms with van der Waals surface area (Å²) in [4.78, 5) is 14.8. The molecule has 0 aliphatic carbocycles. The molecule has 1 aromatic heterocycles. The summed E-state index contributed by atoms with van der Waals surface area (Å²) in [7, 11) is 1.79. The number of carboxylic acid groups (broad SMARTS) is 1. The van der Waals surface area contributed by atoms with E-state index in [2.05, 4.69) is 4.90 Å². The van der Waals surface area contributed by atoms with Crippen LogP contribution >= 0.6 is 11.6 Å². The normalized spacial score (nSPS) is 18.3. The molecule has 2 aromatic rings. The molecule has 3 rings (SSSR count). The van der Waals surface area contributed by atoms with Crippen LogP contribution in [0.2, 0.25) is 5.02 Å². The van der Waals surface area contributed by atoms with Crippen LogP contribution in [0.5, 0.6) is 0 Å². The summed E-state index contributed by atoms with van der Waals surface area (Å²) in [6, 6.07) is 11.5. The second kappa shape index (κ2) is 8.68. The lowest BCUT2D eigenvalue weighted by molar-refractivity contribution is -0.138. The lowest BCUT2D eigenvalue weighted by atomic mass is 10.2. The number of benzene rings is 1. The summed E-state index contributed by atoms with van der Waals surface area (Å²) in [5.41, 5.74) is 0.885. The number of halogens is 1. The van der Waals surface area contributed by atoms with Gasteiger partial charge in [-0.1, -0.05) is 23.7 Å². The van der Waals surface area contributed by atoms with E-state index in [9.17, 15) is 4.79 Å². The molecule has 7 heteroatoms. The number of likely N-dealkylation sites (N-methyl/N-ethyl adjacent to an activating group) is 1. The van der Waals surface area contributed by atoms with Gasteiger partial charge in [0.1, 0.15) is 11.5 Å². The Kier molecular flexibility index (Phi) is 6.32. The Balaban J connectivity index is 1.57. The van der Waals surface area contributed by atoms with Crippen LogP contribution in [-0.4, -0.2) is 66.8 Å². The molecular weight excluding hydrogens is 356 g/mol. The second-order valence-electron chi connectivity index (χ2n) is 6.56. The van der Waals surface area contributed by atoms with Crippen LogP contribution in [0.1, 0.15) is 5.76 Å². The number of nitrogens with zero attached hydrogens (tertiary/aromatic N) is 2. The molecule has 0 spiro atoms. The Morgan fingerprint density at radius 2 is 2.15 bits per heavy atom. The van der Waals surface area contributed by atoms with E-state index in [4.69, 9.17) is 25.9 Å². The van der Waals surface area contributed by atoms with Gasteiger partial charge < -0.3 is 14.3 Å². The standard InChI is InChI=1S/C19H23ClN2O4/c1-21(13-19(23)24)10-15-12-22(8-9-25-15)11-14-6-7-18(26-14)16-4-2-3-5-17(16)20/h2-7,15H,8-13H2,1H3,(H,23,24). The van der Waals surface area contributed by atoms with Crippen LogP contribution in [-0.2, 0) is 16.1 Å². The molecule has 26 heavy (non-hydrogen) atoms. The van der Waals surface area contributed by atoms with Crippen molar-refractivity contribution in [3.63, 3.8) is 0 Å². The zero-order valence-corrected chi connectivity index (χ0v) is 15.5. The summed E-state index contributed by atoms with van der Waals surface area (Å²) < 4.78 is 11.7. The molecule has 0 radical (unpaired) electrons. The maximum Gasteiger partial charge on any atom is 0.317 e. The quantitative estimate of drug-likeness (QED) is 0.799. The van der Waals surface area contributed by atoms with Gasteiger partial charge in [-0.2, -0.15) is 0 Å². The summed E-state index contributed by atoms with van der Waals surface area (Å²) in [5, 5.41) is 9.53. The Bertz CT molecular complexity index is 749. The van der Waals surface area contributed by atoms with Crippen molar-refractivity contribution in [2.45, 2.75) is 12.6 Å². The topological polar surface area (TPSA) is 66.2 Å². The Labute approximate surface area is 157 Å². The number of ether oxygens (including phenoxy) is 1. The highest BCUT2D eigenvalue weighted by Gasteiger charge is 2.23. The molecule has 0 saturated carbocycles. The van der Waals surface area contributed by atoms with Crippen molar-refractivity contribution in [1.82, 2.24) is 9.80 Å². The highest BCUT2D eigenvalue weighted by atomic mass is 35.5. The number of furan rings is 1. The maximum atomic E-state index is 10.8. The van der Waals surface area contributed by atoms with E-state index in [1.54, 1.807) is 11.9 Å². The van der Waals surface area contributed by atoms with Crippen molar-refractivity contribution >= 4 is 17.6 Å². The largest absolute Gasteiger partial charge is 0.480 e. The number of aliphatic carboxylic acids is 1. The summed E-state index contributed by atoms with van der Waals surface area (Å²) >= 11 is 6.23. The molecule has 1 aromatic carbocycles. The van der Waals surface area contributed by atoms with Crippen LogP contribution < -0.4 is 0 Å². The van der Waals surface area contributed by atoms with Crippen molar-refractivity contribution in [2.24, 2.45) is 0 Å². The zero-order chi connectivity index (χ0) is 18.5. The van der Waals surface area contributed by atoms with Gasteiger partial charge in [0.2, 0.25) is 0 Å². The van der Waals surface area contributed by atoms with E-state index >= 15 is 0 Å². The highest BCUT2D eigenvalue weighted by molar-refractivity contribution is 6.33. The fraction of sp³-hybridized carbons (Fsp3) is 0.421. The van der Waals surface area contributed by atoms with Gasteiger partial charge in [-0.15, -0.1) is 0 Å². The molecule has 1 N–H and O–H groups in total. The molecule has 1 aliphatic rings. The molecule has 1 fully saturated rings. The van der Waals surface area contributed by atoms with Crippen LogP contribution in [0.25, 0.3) is 11.3 Å². The number of carbonyl (C=O) groups is 1. The first-order valence-electron chi connectivity index (χ1n) is 8.59. The van der Waals surface area contributed by atoms with Crippen LogP contribution in [0.15, 0.2) is 40.8 Å². The average molecular weight is 379 g/mol. The van der Waals surface area contributed by atoms with Gasteiger partial charge >= 0.3 is 5.97 Å². The Morgan fingerprint density at radius 3 is 2.92 bits per heavy atom. The number of carboxylic acids is 1. The van der Waals surface area contributed by atoms with Crippen molar-refractivity contribution < 1.29 is 19.1 Å². The van der Waals surface area contributed by atoms with Gasteiger partial charge in [0.25, 0.3) is 0 Å². The molecule has 140 valence electrons. The number of hydrogen-bond donors (Lipinski definition) is 1. The molecule has 0 amide bonds. The molecular formula is C19H23ClN2O4. The fourth-order valence-electron chi connectivity index (χ4n) is 3.17. The minimum Gasteiger partial charge on any atom is -0.480 e. The molecule has 2 heterocycles. The third-order valence-electron chi connectivity index (χ3n) is 4.32. The Hall–Kier alpha value is -1.86. The first-order chi connectivity index (χ1) is 12.5.